The smallest absolute Gasteiger partial charge is 0.240 e. The second kappa shape index (κ2) is 3.02. The average Bonchev–Trinajstić information content (AvgIpc) is 3.01. The Labute approximate surface area is 78.1 Å². The van der Waals surface area contributed by atoms with E-state index in [1.807, 2.05) is 0 Å². The summed E-state index contributed by atoms with van der Waals surface area (Å²) in [5.41, 5.74) is -0.635. The Morgan fingerprint density at radius 1 is 1.54 bits per heavy atom. The van der Waals surface area contributed by atoms with Gasteiger partial charge < -0.3 is 5.32 Å². The Balaban J connectivity index is 1.69. The number of rotatable bonds is 4. The van der Waals surface area contributed by atoms with Gasteiger partial charge in [-0.05, 0) is 25.2 Å². The van der Waals surface area contributed by atoms with Gasteiger partial charge in [-0.2, -0.15) is 5.26 Å². The van der Waals surface area contributed by atoms with E-state index in [9.17, 15) is 4.79 Å². The molecule has 2 aliphatic carbocycles. The number of hydrogen-bond donors (Lipinski definition) is 1. The lowest BCUT2D eigenvalue weighted by Gasteiger charge is -2.06. The molecule has 0 spiro atoms. The van der Waals surface area contributed by atoms with Crippen LogP contribution in [0.25, 0.3) is 0 Å². The Morgan fingerprint density at radius 3 is 2.69 bits per heavy atom. The van der Waals surface area contributed by atoms with Crippen molar-refractivity contribution in [2.75, 3.05) is 6.54 Å². The molecule has 1 N–H and O–H groups in total. The molecule has 3 heteroatoms. The van der Waals surface area contributed by atoms with Gasteiger partial charge in [0.1, 0.15) is 5.41 Å². The number of nitrogens with zero attached hydrogens (tertiary/aromatic N) is 1. The first-order valence-corrected chi connectivity index (χ1v) is 4.96. The summed E-state index contributed by atoms with van der Waals surface area (Å²) >= 11 is 0. The highest BCUT2D eigenvalue weighted by atomic mass is 16.2. The van der Waals surface area contributed by atoms with E-state index < -0.39 is 5.41 Å². The van der Waals surface area contributed by atoms with Crippen molar-refractivity contribution in [3.8, 4) is 6.07 Å². The molecule has 2 saturated carbocycles. The first-order valence-electron chi connectivity index (χ1n) is 4.96. The van der Waals surface area contributed by atoms with E-state index in [2.05, 4.69) is 11.4 Å². The van der Waals surface area contributed by atoms with Crippen molar-refractivity contribution in [1.29, 1.82) is 5.26 Å². The van der Waals surface area contributed by atoms with E-state index in [4.69, 9.17) is 5.26 Å². The second-order valence-electron chi connectivity index (χ2n) is 4.18. The molecule has 0 unspecified atom stereocenters. The molecule has 0 aromatic heterocycles. The quantitative estimate of drug-likeness (QED) is 0.703. The van der Waals surface area contributed by atoms with Crippen LogP contribution in [0.3, 0.4) is 0 Å². The standard InChI is InChI=1S/C10H14N2O/c11-7-10(4-5-10)9(13)12-6-3-8-1-2-8/h8H,1-6H2,(H,12,13). The predicted molar refractivity (Wildman–Crippen MR) is 47.6 cm³/mol. The maximum Gasteiger partial charge on any atom is 0.240 e. The largest absolute Gasteiger partial charge is 0.355 e. The molecule has 2 aliphatic rings. The van der Waals surface area contributed by atoms with Crippen LogP contribution in [0, 0.1) is 22.7 Å². The van der Waals surface area contributed by atoms with E-state index >= 15 is 0 Å². The Morgan fingerprint density at radius 2 is 2.23 bits per heavy atom. The van der Waals surface area contributed by atoms with Crippen molar-refractivity contribution < 1.29 is 4.79 Å². The van der Waals surface area contributed by atoms with Crippen LogP contribution >= 0.6 is 0 Å². The molecule has 1 amide bonds. The van der Waals surface area contributed by atoms with Gasteiger partial charge in [-0.15, -0.1) is 0 Å². The molecule has 0 radical (unpaired) electrons. The fourth-order valence-electron chi connectivity index (χ4n) is 1.48. The van der Waals surface area contributed by atoms with Gasteiger partial charge in [0.25, 0.3) is 0 Å². The molecule has 0 aromatic carbocycles. The minimum Gasteiger partial charge on any atom is -0.355 e. The van der Waals surface area contributed by atoms with Crippen LogP contribution in [0.1, 0.15) is 32.1 Å². The minimum atomic E-state index is -0.635. The number of carbonyl (C=O) groups excluding carboxylic acids is 1. The van der Waals surface area contributed by atoms with Gasteiger partial charge >= 0.3 is 0 Å². The predicted octanol–water partition coefficient (Wildman–Crippen LogP) is 1.21. The zero-order valence-electron chi connectivity index (χ0n) is 7.68. The lowest BCUT2D eigenvalue weighted by Crippen LogP contribution is -2.32. The lowest BCUT2D eigenvalue weighted by molar-refractivity contribution is -0.124. The van der Waals surface area contributed by atoms with Gasteiger partial charge in [-0.25, -0.2) is 0 Å². The van der Waals surface area contributed by atoms with Crippen LogP contribution in [0.15, 0.2) is 0 Å². The Bertz CT molecular complexity index is 259. The Hall–Kier alpha value is -1.04. The average molecular weight is 178 g/mol. The number of nitrogens with one attached hydrogen (secondary N) is 1. The molecule has 0 aromatic rings. The normalized spacial score (nSPS) is 23.3. The summed E-state index contributed by atoms with van der Waals surface area (Å²) in [6, 6.07) is 2.09. The van der Waals surface area contributed by atoms with E-state index in [1.54, 1.807) is 0 Å². The fraction of sp³-hybridized carbons (Fsp3) is 0.800. The molecule has 13 heavy (non-hydrogen) atoms. The second-order valence-corrected chi connectivity index (χ2v) is 4.18. The topological polar surface area (TPSA) is 52.9 Å². The van der Waals surface area contributed by atoms with Crippen LogP contribution in [-0.4, -0.2) is 12.5 Å². The fourth-order valence-corrected chi connectivity index (χ4v) is 1.48. The van der Waals surface area contributed by atoms with Crippen molar-refractivity contribution in [2.45, 2.75) is 32.1 Å². The summed E-state index contributed by atoms with van der Waals surface area (Å²) < 4.78 is 0. The molecule has 70 valence electrons. The summed E-state index contributed by atoms with van der Waals surface area (Å²) in [5.74, 6) is 0.799. The van der Waals surface area contributed by atoms with Crippen LogP contribution < -0.4 is 5.32 Å². The number of carbonyl (C=O) groups is 1. The van der Waals surface area contributed by atoms with Crippen molar-refractivity contribution in [3.05, 3.63) is 0 Å². The number of amides is 1. The molecule has 0 atom stereocenters. The third-order valence-corrected chi connectivity index (χ3v) is 2.93. The van der Waals surface area contributed by atoms with Crippen LogP contribution in [0.4, 0.5) is 0 Å². The first kappa shape index (κ1) is 8.55. The van der Waals surface area contributed by atoms with Crippen molar-refractivity contribution in [1.82, 2.24) is 5.32 Å². The van der Waals surface area contributed by atoms with Gasteiger partial charge in [0.05, 0.1) is 6.07 Å². The summed E-state index contributed by atoms with van der Waals surface area (Å²) in [6.07, 6.45) is 5.23. The highest BCUT2D eigenvalue weighted by Gasteiger charge is 2.50. The monoisotopic (exact) mass is 178 g/mol. The van der Waals surface area contributed by atoms with E-state index in [0.29, 0.717) is 0 Å². The Kier molecular flexibility index (Phi) is 1.99. The lowest BCUT2D eigenvalue weighted by atomic mass is 10.1. The molecule has 2 fully saturated rings. The van der Waals surface area contributed by atoms with E-state index in [0.717, 1.165) is 31.7 Å². The van der Waals surface area contributed by atoms with Gasteiger partial charge in [0.15, 0.2) is 0 Å². The van der Waals surface area contributed by atoms with E-state index in [1.165, 1.54) is 12.8 Å². The SMILES string of the molecule is N#CC1(C(=O)NCCC2CC2)CC1. The maximum atomic E-state index is 11.4. The van der Waals surface area contributed by atoms with E-state index in [-0.39, 0.29) is 5.91 Å². The van der Waals surface area contributed by atoms with Crippen LogP contribution in [-0.2, 0) is 4.79 Å². The molecule has 0 bridgehead atoms. The molecular formula is C10H14N2O. The highest BCUT2D eigenvalue weighted by molar-refractivity contribution is 5.88. The van der Waals surface area contributed by atoms with Crippen molar-refractivity contribution in [3.63, 3.8) is 0 Å². The molecule has 3 nitrogen and oxygen atoms in total. The third-order valence-electron chi connectivity index (χ3n) is 2.93. The van der Waals surface area contributed by atoms with Crippen molar-refractivity contribution in [2.24, 2.45) is 11.3 Å². The molecular weight excluding hydrogens is 164 g/mol. The van der Waals surface area contributed by atoms with Gasteiger partial charge in [-0.1, -0.05) is 12.8 Å². The maximum absolute atomic E-state index is 11.4. The zero-order valence-corrected chi connectivity index (χ0v) is 7.68. The molecule has 0 saturated heterocycles. The minimum absolute atomic E-state index is 0.0457. The summed E-state index contributed by atoms with van der Waals surface area (Å²) in [6.45, 7) is 0.757. The van der Waals surface area contributed by atoms with Crippen LogP contribution in [0.2, 0.25) is 0 Å². The highest BCUT2D eigenvalue weighted by Crippen LogP contribution is 2.45. The summed E-state index contributed by atoms with van der Waals surface area (Å²) in [5, 5.41) is 11.6. The van der Waals surface area contributed by atoms with Gasteiger partial charge in [0.2, 0.25) is 5.91 Å². The van der Waals surface area contributed by atoms with Crippen molar-refractivity contribution >= 4 is 5.91 Å². The molecule has 0 aliphatic heterocycles. The number of nitriles is 1. The number of hydrogen-bond acceptors (Lipinski definition) is 2. The summed E-state index contributed by atoms with van der Waals surface area (Å²) in [7, 11) is 0. The molecule has 0 heterocycles. The van der Waals surface area contributed by atoms with Gasteiger partial charge in [0, 0.05) is 6.54 Å². The first-order chi connectivity index (χ1) is 6.27. The van der Waals surface area contributed by atoms with Crippen LogP contribution in [0.5, 0.6) is 0 Å². The zero-order chi connectivity index (χ0) is 9.31. The van der Waals surface area contributed by atoms with Gasteiger partial charge in [-0.3, -0.25) is 4.79 Å². The third kappa shape index (κ3) is 1.82. The summed E-state index contributed by atoms with van der Waals surface area (Å²) in [4.78, 5) is 11.4. The molecule has 2 rings (SSSR count).